The second-order valence-corrected chi connectivity index (χ2v) is 9.31. The summed E-state index contributed by atoms with van der Waals surface area (Å²) in [6.07, 6.45) is 2.11. The minimum Gasteiger partial charge on any atom is -0.341 e. The molecule has 0 spiro atoms. The van der Waals surface area contributed by atoms with Gasteiger partial charge in [-0.25, -0.2) is 8.78 Å². The number of halogens is 3. The SMILES string of the molecule is N[C@H](Cc1ccccc1)C(=O)N1CCN2C(Nc3ccc(Cl)c(F)c3)=CN(c3ccc(F)cc3)C2C1. The molecule has 3 N–H and O–H groups in total. The average Bonchev–Trinajstić information content (AvgIpc) is 3.24. The number of hydrogen-bond donors (Lipinski definition) is 2. The van der Waals surface area contributed by atoms with E-state index < -0.39 is 11.9 Å². The van der Waals surface area contributed by atoms with E-state index in [-0.39, 0.29) is 22.9 Å². The molecule has 0 aromatic heterocycles. The maximum absolute atomic E-state index is 14.0. The molecule has 36 heavy (non-hydrogen) atoms. The Kier molecular flexibility index (Phi) is 6.80. The lowest BCUT2D eigenvalue weighted by atomic mass is 10.1. The Balaban J connectivity index is 1.36. The maximum atomic E-state index is 14.0. The highest BCUT2D eigenvalue weighted by Gasteiger charge is 2.39. The minimum absolute atomic E-state index is 0.0470. The first-order chi connectivity index (χ1) is 17.4. The van der Waals surface area contributed by atoms with Gasteiger partial charge in [-0.05, 0) is 54.4 Å². The molecular formula is C27H26ClF2N5O. The smallest absolute Gasteiger partial charge is 0.240 e. The Hall–Kier alpha value is -3.62. The molecule has 5 rings (SSSR count). The predicted molar refractivity (Wildman–Crippen MR) is 137 cm³/mol. The maximum Gasteiger partial charge on any atom is 0.240 e. The molecule has 1 amide bonds. The lowest BCUT2D eigenvalue weighted by Gasteiger charge is -2.43. The molecule has 3 aromatic carbocycles. The summed E-state index contributed by atoms with van der Waals surface area (Å²) < 4.78 is 27.6. The van der Waals surface area contributed by atoms with Gasteiger partial charge in [0.2, 0.25) is 5.91 Å². The van der Waals surface area contributed by atoms with Crippen LogP contribution in [0.3, 0.4) is 0 Å². The summed E-state index contributed by atoms with van der Waals surface area (Å²) in [6, 6.07) is 19.8. The van der Waals surface area contributed by atoms with Gasteiger partial charge < -0.3 is 25.8 Å². The summed E-state index contributed by atoms with van der Waals surface area (Å²) in [5, 5.41) is 3.31. The molecule has 1 unspecified atom stereocenters. The largest absolute Gasteiger partial charge is 0.341 e. The second kappa shape index (κ2) is 10.2. The molecule has 0 radical (unpaired) electrons. The zero-order valence-corrected chi connectivity index (χ0v) is 20.2. The molecule has 3 aromatic rings. The number of piperazine rings is 1. The van der Waals surface area contributed by atoms with Crippen molar-refractivity contribution < 1.29 is 13.6 Å². The van der Waals surface area contributed by atoms with Gasteiger partial charge in [0.1, 0.15) is 23.6 Å². The Morgan fingerprint density at radius 1 is 1.06 bits per heavy atom. The molecule has 186 valence electrons. The van der Waals surface area contributed by atoms with Gasteiger partial charge in [-0.3, -0.25) is 4.79 Å². The van der Waals surface area contributed by atoms with Crippen LogP contribution in [0.1, 0.15) is 5.56 Å². The van der Waals surface area contributed by atoms with Crippen LogP contribution in [0.25, 0.3) is 0 Å². The van der Waals surface area contributed by atoms with Crippen molar-refractivity contribution in [3.05, 3.63) is 107 Å². The van der Waals surface area contributed by atoms with E-state index in [0.717, 1.165) is 17.1 Å². The lowest BCUT2D eigenvalue weighted by Crippen LogP contribution is -2.59. The first-order valence-corrected chi connectivity index (χ1v) is 12.1. The summed E-state index contributed by atoms with van der Waals surface area (Å²) >= 11 is 5.83. The van der Waals surface area contributed by atoms with Crippen molar-refractivity contribution in [2.24, 2.45) is 5.73 Å². The highest BCUT2D eigenvalue weighted by Crippen LogP contribution is 2.33. The number of carbonyl (C=O) groups is 1. The lowest BCUT2D eigenvalue weighted by molar-refractivity contribution is -0.135. The summed E-state index contributed by atoms with van der Waals surface area (Å²) in [5.41, 5.74) is 8.63. The Labute approximate surface area is 213 Å². The third kappa shape index (κ3) is 5.01. The van der Waals surface area contributed by atoms with E-state index in [0.29, 0.717) is 31.7 Å². The third-order valence-electron chi connectivity index (χ3n) is 6.49. The summed E-state index contributed by atoms with van der Waals surface area (Å²) in [4.78, 5) is 19.1. The molecule has 2 aliphatic rings. The number of hydrogen-bond acceptors (Lipinski definition) is 5. The first-order valence-electron chi connectivity index (χ1n) is 11.7. The van der Waals surface area contributed by atoms with Gasteiger partial charge >= 0.3 is 0 Å². The van der Waals surface area contributed by atoms with Gasteiger partial charge in [0.05, 0.1) is 17.6 Å². The fraction of sp³-hybridized carbons (Fsp3) is 0.222. The van der Waals surface area contributed by atoms with Crippen molar-refractivity contribution in [1.82, 2.24) is 9.80 Å². The number of anilines is 2. The van der Waals surface area contributed by atoms with Crippen LogP contribution in [-0.4, -0.2) is 47.5 Å². The predicted octanol–water partition coefficient (Wildman–Crippen LogP) is 4.39. The number of nitrogens with one attached hydrogen (secondary N) is 1. The molecule has 0 bridgehead atoms. The number of fused-ring (bicyclic) bond motifs is 1. The van der Waals surface area contributed by atoms with Crippen LogP contribution in [-0.2, 0) is 11.2 Å². The summed E-state index contributed by atoms with van der Waals surface area (Å²) in [7, 11) is 0. The fourth-order valence-corrected chi connectivity index (χ4v) is 4.77. The van der Waals surface area contributed by atoms with Crippen LogP contribution in [0.2, 0.25) is 5.02 Å². The highest BCUT2D eigenvalue weighted by atomic mass is 35.5. The fourth-order valence-electron chi connectivity index (χ4n) is 4.65. The molecule has 0 saturated carbocycles. The van der Waals surface area contributed by atoms with Crippen molar-refractivity contribution in [2.75, 3.05) is 29.9 Å². The minimum atomic E-state index is -0.651. The zero-order valence-electron chi connectivity index (χ0n) is 19.4. The van der Waals surface area contributed by atoms with Gasteiger partial charge in [-0.15, -0.1) is 0 Å². The van der Waals surface area contributed by atoms with Gasteiger partial charge in [0, 0.05) is 30.7 Å². The molecule has 2 atom stereocenters. The standard InChI is InChI=1S/C27H26ClF2N5O/c28-22-11-8-20(15-23(22)30)32-25-16-35(21-9-6-19(29)7-10-21)26-17-33(12-13-34(25)26)27(36)24(31)14-18-4-2-1-3-5-18/h1-11,15-16,24,26,32H,12-14,17,31H2/t24-,26?/m1/s1. The monoisotopic (exact) mass is 509 g/mol. The number of benzene rings is 3. The van der Waals surface area contributed by atoms with E-state index in [1.807, 2.05) is 41.4 Å². The molecule has 1 saturated heterocycles. The van der Waals surface area contributed by atoms with Crippen molar-refractivity contribution in [3.8, 4) is 0 Å². The Bertz CT molecular complexity index is 1270. The molecule has 2 aliphatic heterocycles. The van der Waals surface area contributed by atoms with Crippen LogP contribution in [0.5, 0.6) is 0 Å². The number of nitrogens with zero attached hydrogens (tertiary/aromatic N) is 3. The molecule has 1 fully saturated rings. The van der Waals surface area contributed by atoms with Crippen molar-refractivity contribution in [3.63, 3.8) is 0 Å². The Morgan fingerprint density at radius 3 is 2.53 bits per heavy atom. The van der Waals surface area contributed by atoms with Crippen LogP contribution >= 0.6 is 11.6 Å². The van der Waals surface area contributed by atoms with Crippen LogP contribution < -0.4 is 16.0 Å². The van der Waals surface area contributed by atoms with Gasteiger partial charge in [0.15, 0.2) is 0 Å². The average molecular weight is 510 g/mol. The quantitative estimate of drug-likeness (QED) is 0.516. The van der Waals surface area contributed by atoms with Gasteiger partial charge in [-0.1, -0.05) is 41.9 Å². The van der Waals surface area contributed by atoms with Crippen molar-refractivity contribution >= 4 is 28.9 Å². The molecule has 9 heteroatoms. The van der Waals surface area contributed by atoms with Gasteiger partial charge in [0.25, 0.3) is 0 Å². The van der Waals surface area contributed by atoms with Crippen LogP contribution in [0, 0.1) is 11.6 Å². The number of nitrogens with two attached hydrogens (primary N) is 1. The summed E-state index contributed by atoms with van der Waals surface area (Å²) in [5.74, 6) is -0.221. The van der Waals surface area contributed by atoms with Crippen molar-refractivity contribution in [1.29, 1.82) is 0 Å². The van der Waals surface area contributed by atoms with Crippen LogP contribution in [0.15, 0.2) is 84.8 Å². The van der Waals surface area contributed by atoms with Crippen molar-refractivity contribution in [2.45, 2.75) is 18.6 Å². The third-order valence-corrected chi connectivity index (χ3v) is 6.80. The van der Waals surface area contributed by atoms with Gasteiger partial charge in [-0.2, -0.15) is 0 Å². The second-order valence-electron chi connectivity index (χ2n) is 8.91. The van der Waals surface area contributed by atoms with E-state index in [4.69, 9.17) is 17.3 Å². The highest BCUT2D eigenvalue weighted by molar-refractivity contribution is 6.30. The van der Waals surface area contributed by atoms with Crippen LogP contribution in [0.4, 0.5) is 20.2 Å². The topological polar surface area (TPSA) is 64.8 Å². The first kappa shape index (κ1) is 24.1. The number of amides is 1. The normalized spacial score (nSPS) is 18.1. The van der Waals surface area contributed by atoms with E-state index in [1.54, 1.807) is 23.1 Å². The van der Waals surface area contributed by atoms with E-state index in [9.17, 15) is 13.6 Å². The number of carbonyl (C=O) groups excluding carboxylic acids is 1. The summed E-state index contributed by atoms with van der Waals surface area (Å²) in [6.45, 7) is 1.43. The van der Waals surface area contributed by atoms with E-state index >= 15 is 0 Å². The molecular weight excluding hydrogens is 484 g/mol. The number of rotatable bonds is 6. The van der Waals surface area contributed by atoms with E-state index in [2.05, 4.69) is 10.2 Å². The Morgan fingerprint density at radius 2 is 1.81 bits per heavy atom. The van der Waals surface area contributed by atoms with E-state index in [1.165, 1.54) is 24.3 Å². The molecule has 0 aliphatic carbocycles. The zero-order chi connectivity index (χ0) is 25.2. The molecule has 6 nitrogen and oxygen atoms in total. The molecule has 2 heterocycles.